The van der Waals surface area contributed by atoms with Crippen LogP contribution in [0.25, 0.3) is 10.2 Å². The third-order valence-electron chi connectivity index (χ3n) is 5.17. The van der Waals surface area contributed by atoms with E-state index in [9.17, 15) is 0 Å². The molecule has 5 nitrogen and oxygen atoms in total. The van der Waals surface area contributed by atoms with E-state index >= 15 is 0 Å². The quantitative estimate of drug-likeness (QED) is 0.633. The summed E-state index contributed by atoms with van der Waals surface area (Å²) in [4.78, 5) is 9.45. The van der Waals surface area contributed by atoms with Gasteiger partial charge in [0.1, 0.15) is 12.4 Å². The number of β-amino-alcohol motifs (C(OH)–C–C–N with tert-alkyl or cyclic N) is 1. The molecule has 1 saturated heterocycles. The highest BCUT2D eigenvalue weighted by Gasteiger charge is 2.15. The van der Waals surface area contributed by atoms with E-state index in [1.807, 2.05) is 6.07 Å². The lowest BCUT2D eigenvalue weighted by Gasteiger charge is -2.34. The van der Waals surface area contributed by atoms with Crippen LogP contribution in [-0.2, 0) is 6.42 Å². The van der Waals surface area contributed by atoms with Crippen LogP contribution in [0.3, 0.4) is 0 Å². The molecule has 0 bridgehead atoms. The standard InChI is InChI=1S/C22H27N3O2S/c26-15-13-24-9-11-25(12-10-24)14-16-27-19-7-5-18(6-8-19)17-22-23-20-3-1-2-4-21(20)28-22/h1-8,26H,9-17H2. The number of rotatable bonds is 8. The van der Waals surface area contributed by atoms with Crippen molar-refractivity contribution >= 4 is 21.6 Å². The molecule has 0 amide bonds. The summed E-state index contributed by atoms with van der Waals surface area (Å²) < 4.78 is 7.17. The van der Waals surface area contributed by atoms with E-state index in [2.05, 4.69) is 52.3 Å². The molecule has 1 aliphatic rings. The Balaban J connectivity index is 1.22. The second-order valence-electron chi connectivity index (χ2n) is 7.15. The Morgan fingerprint density at radius 2 is 1.64 bits per heavy atom. The molecule has 0 saturated carbocycles. The second-order valence-corrected chi connectivity index (χ2v) is 8.27. The summed E-state index contributed by atoms with van der Waals surface area (Å²) in [7, 11) is 0. The van der Waals surface area contributed by atoms with Gasteiger partial charge in [0.15, 0.2) is 0 Å². The fourth-order valence-corrected chi connectivity index (χ4v) is 4.55. The zero-order chi connectivity index (χ0) is 19.2. The lowest BCUT2D eigenvalue weighted by molar-refractivity contribution is 0.102. The van der Waals surface area contributed by atoms with Crippen LogP contribution in [-0.4, -0.2) is 72.4 Å². The van der Waals surface area contributed by atoms with Crippen LogP contribution in [0.4, 0.5) is 0 Å². The van der Waals surface area contributed by atoms with Crippen LogP contribution < -0.4 is 4.74 Å². The van der Waals surface area contributed by atoms with Crippen molar-refractivity contribution in [1.29, 1.82) is 0 Å². The molecule has 0 aliphatic carbocycles. The predicted octanol–water partition coefficient (Wildman–Crippen LogP) is 2.88. The molecule has 28 heavy (non-hydrogen) atoms. The number of nitrogens with zero attached hydrogens (tertiary/aromatic N) is 3. The van der Waals surface area contributed by atoms with Crippen molar-refractivity contribution in [2.75, 3.05) is 52.5 Å². The number of hydrogen-bond donors (Lipinski definition) is 1. The van der Waals surface area contributed by atoms with Crippen molar-refractivity contribution in [3.8, 4) is 5.75 Å². The van der Waals surface area contributed by atoms with Crippen LogP contribution in [0, 0.1) is 0 Å². The summed E-state index contributed by atoms with van der Waals surface area (Å²) in [6.45, 7) is 6.83. The fourth-order valence-electron chi connectivity index (χ4n) is 3.54. The molecule has 1 fully saturated rings. The van der Waals surface area contributed by atoms with Gasteiger partial charge in [-0.1, -0.05) is 24.3 Å². The molecule has 1 aliphatic heterocycles. The zero-order valence-electron chi connectivity index (χ0n) is 16.1. The van der Waals surface area contributed by atoms with Crippen molar-refractivity contribution < 1.29 is 9.84 Å². The molecular weight excluding hydrogens is 370 g/mol. The first kappa shape index (κ1) is 19.3. The molecule has 2 heterocycles. The van der Waals surface area contributed by atoms with Crippen LogP contribution >= 0.6 is 11.3 Å². The highest BCUT2D eigenvalue weighted by atomic mass is 32.1. The molecule has 1 aromatic heterocycles. The molecule has 4 rings (SSSR count). The number of piperazine rings is 1. The summed E-state index contributed by atoms with van der Waals surface area (Å²) in [5, 5.41) is 10.2. The third kappa shape index (κ3) is 5.08. The third-order valence-corrected chi connectivity index (χ3v) is 6.21. The minimum Gasteiger partial charge on any atom is -0.492 e. The van der Waals surface area contributed by atoms with E-state index in [1.54, 1.807) is 11.3 Å². The number of aromatic nitrogens is 1. The average Bonchev–Trinajstić information content (AvgIpc) is 3.13. The van der Waals surface area contributed by atoms with E-state index in [-0.39, 0.29) is 6.61 Å². The Bertz CT molecular complexity index is 840. The van der Waals surface area contributed by atoms with Gasteiger partial charge in [-0.05, 0) is 29.8 Å². The minimum absolute atomic E-state index is 0.248. The maximum absolute atomic E-state index is 9.01. The van der Waals surface area contributed by atoms with Gasteiger partial charge in [-0.25, -0.2) is 4.98 Å². The first-order valence-corrected chi connectivity index (χ1v) is 10.7. The van der Waals surface area contributed by atoms with Crippen molar-refractivity contribution in [3.05, 3.63) is 59.1 Å². The van der Waals surface area contributed by atoms with Gasteiger partial charge < -0.3 is 9.84 Å². The number of aliphatic hydroxyl groups is 1. The molecule has 0 unspecified atom stereocenters. The fraction of sp³-hybridized carbons (Fsp3) is 0.409. The molecule has 0 atom stereocenters. The zero-order valence-corrected chi connectivity index (χ0v) is 16.9. The van der Waals surface area contributed by atoms with Crippen LogP contribution in [0.15, 0.2) is 48.5 Å². The van der Waals surface area contributed by atoms with Gasteiger partial charge in [0.05, 0.1) is 21.8 Å². The molecule has 148 valence electrons. The number of thiazole rings is 1. The van der Waals surface area contributed by atoms with Gasteiger partial charge >= 0.3 is 0 Å². The van der Waals surface area contributed by atoms with E-state index in [0.717, 1.165) is 62.0 Å². The topological polar surface area (TPSA) is 48.8 Å². The van der Waals surface area contributed by atoms with Crippen LogP contribution in [0.1, 0.15) is 10.6 Å². The highest BCUT2D eigenvalue weighted by Crippen LogP contribution is 2.24. The summed E-state index contributed by atoms with van der Waals surface area (Å²) in [6.07, 6.45) is 0.859. The van der Waals surface area contributed by atoms with Gasteiger partial charge in [-0.2, -0.15) is 0 Å². The number of hydrogen-bond acceptors (Lipinski definition) is 6. The maximum Gasteiger partial charge on any atom is 0.119 e. The molecule has 6 heteroatoms. The maximum atomic E-state index is 9.01. The summed E-state index contributed by atoms with van der Waals surface area (Å²) in [5.74, 6) is 0.923. The molecular formula is C22H27N3O2S. The Morgan fingerprint density at radius 3 is 2.36 bits per heavy atom. The first-order chi connectivity index (χ1) is 13.8. The number of benzene rings is 2. The number of fused-ring (bicyclic) bond motifs is 1. The summed E-state index contributed by atoms with van der Waals surface area (Å²) in [5.41, 5.74) is 2.34. The first-order valence-electron chi connectivity index (χ1n) is 9.92. The van der Waals surface area contributed by atoms with E-state index in [4.69, 9.17) is 14.8 Å². The largest absolute Gasteiger partial charge is 0.492 e. The molecule has 2 aromatic carbocycles. The van der Waals surface area contributed by atoms with Gasteiger partial charge in [0, 0.05) is 45.7 Å². The van der Waals surface area contributed by atoms with Crippen molar-refractivity contribution in [2.45, 2.75) is 6.42 Å². The summed E-state index contributed by atoms with van der Waals surface area (Å²) in [6, 6.07) is 16.7. The Morgan fingerprint density at radius 1 is 0.929 bits per heavy atom. The van der Waals surface area contributed by atoms with Gasteiger partial charge in [-0.15, -0.1) is 11.3 Å². The highest BCUT2D eigenvalue weighted by molar-refractivity contribution is 7.18. The Kier molecular flexibility index (Phi) is 6.54. The average molecular weight is 398 g/mol. The second kappa shape index (κ2) is 9.47. The van der Waals surface area contributed by atoms with Crippen molar-refractivity contribution in [2.24, 2.45) is 0 Å². The van der Waals surface area contributed by atoms with Gasteiger partial charge in [0.2, 0.25) is 0 Å². The van der Waals surface area contributed by atoms with Crippen LogP contribution in [0.5, 0.6) is 5.75 Å². The monoisotopic (exact) mass is 397 g/mol. The Labute approximate surface area is 170 Å². The number of aliphatic hydroxyl groups excluding tert-OH is 1. The predicted molar refractivity (Wildman–Crippen MR) is 114 cm³/mol. The SMILES string of the molecule is OCCN1CCN(CCOc2ccc(Cc3nc4ccccc4s3)cc2)CC1. The lowest BCUT2D eigenvalue weighted by Crippen LogP contribution is -2.48. The van der Waals surface area contributed by atoms with Crippen molar-refractivity contribution in [1.82, 2.24) is 14.8 Å². The van der Waals surface area contributed by atoms with Crippen LogP contribution in [0.2, 0.25) is 0 Å². The van der Waals surface area contributed by atoms with E-state index < -0.39 is 0 Å². The molecule has 0 radical (unpaired) electrons. The number of ether oxygens (including phenoxy) is 1. The van der Waals surface area contributed by atoms with E-state index in [0.29, 0.717) is 6.61 Å². The van der Waals surface area contributed by atoms with Gasteiger partial charge in [0.25, 0.3) is 0 Å². The smallest absolute Gasteiger partial charge is 0.119 e. The normalized spacial score (nSPS) is 15.9. The minimum atomic E-state index is 0.248. The number of para-hydroxylation sites is 1. The Hall–Kier alpha value is -1.99. The van der Waals surface area contributed by atoms with Gasteiger partial charge in [-0.3, -0.25) is 9.80 Å². The molecule has 0 spiro atoms. The van der Waals surface area contributed by atoms with E-state index in [1.165, 1.54) is 10.3 Å². The molecule has 3 aromatic rings. The molecule has 1 N–H and O–H groups in total. The lowest BCUT2D eigenvalue weighted by atomic mass is 10.1. The van der Waals surface area contributed by atoms with Crippen molar-refractivity contribution in [3.63, 3.8) is 0 Å². The summed E-state index contributed by atoms with van der Waals surface area (Å²) >= 11 is 1.76.